The van der Waals surface area contributed by atoms with Gasteiger partial charge in [0.2, 0.25) is 0 Å². The number of allylic oxidation sites excluding steroid dienone is 1. The SMILES string of the molecule is Cc1ccccc1N(c1ccccc1)c1cc(-c2cc(-c3cccc(-c4ccccc4)c3)nc(-c3ccccc3)n2)cc(N2c3ccccc3C3CCC=CC32)c1. The highest BCUT2D eigenvalue weighted by atomic mass is 15.2. The van der Waals surface area contributed by atoms with Crippen molar-refractivity contribution in [2.24, 2.45) is 0 Å². The van der Waals surface area contributed by atoms with E-state index in [1.807, 2.05) is 6.07 Å². The summed E-state index contributed by atoms with van der Waals surface area (Å²) in [4.78, 5) is 15.6. The quantitative estimate of drug-likeness (QED) is 0.146. The Bertz CT molecular complexity index is 2720. The standard InChI is InChI=1S/C53H42N4/c1-37-18-11-14-29-50(37)56(43-25-9-4-10-26-43)44-33-42(34-45(35-44)57-51-30-15-12-27-46(51)47-28-13-16-31-52(47)57)49-36-48(54-53(55-49)39-21-7-3-8-22-39)41-24-17-23-40(32-41)38-19-5-2-6-20-38/h2-12,14-27,29-36,47,52H,13,28H2,1H3. The van der Waals surface area contributed by atoms with Gasteiger partial charge >= 0.3 is 0 Å². The zero-order chi connectivity index (χ0) is 38.1. The number of aromatic nitrogens is 2. The van der Waals surface area contributed by atoms with E-state index in [2.05, 4.69) is 211 Å². The number of anilines is 5. The summed E-state index contributed by atoms with van der Waals surface area (Å²) in [6.45, 7) is 2.19. The second-order valence-electron chi connectivity index (χ2n) is 15.0. The number of benzene rings is 7. The Morgan fingerprint density at radius 1 is 0.526 bits per heavy atom. The Morgan fingerprint density at radius 2 is 1.18 bits per heavy atom. The number of aryl methyl sites for hydroxylation is 1. The molecule has 1 aliphatic heterocycles. The van der Waals surface area contributed by atoms with Crippen molar-refractivity contribution in [1.29, 1.82) is 0 Å². The Balaban J connectivity index is 1.22. The molecule has 0 fully saturated rings. The summed E-state index contributed by atoms with van der Waals surface area (Å²) in [6, 6.07) is 67.3. The molecule has 0 N–H and O–H groups in total. The normalized spacial score (nSPS) is 15.6. The lowest BCUT2D eigenvalue weighted by atomic mass is 9.86. The maximum atomic E-state index is 5.37. The summed E-state index contributed by atoms with van der Waals surface area (Å²) in [5.41, 5.74) is 15.4. The molecule has 4 heteroatoms. The van der Waals surface area contributed by atoms with Crippen molar-refractivity contribution in [2.75, 3.05) is 9.80 Å². The summed E-state index contributed by atoms with van der Waals surface area (Å²) in [5, 5.41) is 0. The summed E-state index contributed by atoms with van der Waals surface area (Å²) in [7, 11) is 0. The molecule has 0 radical (unpaired) electrons. The molecule has 2 atom stereocenters. The molecule has 0 saturated carbocycles. The van der Waals surface area contributed by atoms with Crippen LogP contribution in [-0.4, -0.2) is 16.0 Å². The van der Waals surface area contributed by atoms with Crippen LogP contribution in [0, 0.1) is 6.92 Å². The van der Waals surface area contributed by atoms with Gasteiger partial charge in [-0.2, -0.15) is 0 Å². The van der Waals surface area contributed by atoms with Gasteiger partial charge in [-0.3, -0.25) is 0 Å². The minimum absolute atomic E-state index is 0.226. The third-order valence-corrected chi connectivity index (χ3v) is 11.4. The average molecular weight is 735 g/mol. The maximum Gasteiger partial charge on any atom is 0.160 e. The third kappa shape index (κ3) is 6.59. The van der Waals surface area contributed by atoms with E-state index in [-0.39, 0.29) is 6.04 Å². The zero-order valence-electron chi connectivity index (χ0n) is 31.9. The lowest BCUT2D eigenvalue weighted by Gasteiger charge is -2.33. The Labute approximate surface area is 335 Å². The summed E-state index contributed by atoms with van der Waals surface area (Å²) >= 11 is 0. The minimum atomic E-state index is 0.226. The molecule has 57 heavy (non-hydrogen) atoms. The largest absolute Gasteiger partial charge is 0.334 e. The van der Waals surface area contributed by atoms with Crippen molar-refractivity contribution in [3.8, 4) is 45.0 Å². The van der Waals surface area contributed by atoms with Gasteiger partial charge in [0.05, 0.1) is 17.4 Å². The Hall–Kier alpha value is -7.04. The van der Waals surface area contributed by atoms with E-state index in [0.717, 1.165) is 69.2 Å². The van der Waals surface area contributed by atoms with Crippen molar-refractivity contribution < 1.29 is 0 Å². The summed E-state index contributed by atoms with van der Waals surface area (Å²) < 4.78 is 0. The lowest BCUT2D eigenvalue weighted by molar-refractivity contribution is 0.573. The molecule has 4 nitrogen and oxygen atoms in total. The highest BCUT2D eigenvalue weighted by molar-refractivity contribution is 5.87. The predicted octanol–water partition coefficient (Wildman–Crippen LogP) is 13.9. The van der Waals surface area contributed by atoms with Gasteiger partial charge in [-0.1, -0.05) is 146 Å². The van der Waals surface area contributed by atoms with Crippen molar-refractivity contribution in [3.05, 3.63) is 211 Å². The van der Waals surface area contributed by atoms with Crippen molar-refractivity contribution in [3.63, 3.8) is 0 Å². The van der Waals surface area contributed by atoms with E-state index in [0.29, 0.717) is 11.7 Å². The number of hydrogen-bond donors (Lipinski definition) is 0. The van der Waals surface area contributed by atoms with Gasteiger partial charge in [-0.25, -0.2) is 9.97 Å². The second-order valence-corrected chi connectivity index (χ2v) is 15.0. The van der Waals surface area contributed by atoms with Crippen LogP contribution in [0.4, 0.5) is 28.4 Å². The molecule has 0 bridgehead atoms. The van der Waals surface area contributed by atoms with E-state index in [4.69, 9.17) is 9.97 Å². The molecule has 0 saturated heterocycles. The predicted molar refractivity (Wildman–Crippen MR) is 237 cm³/mol. The fourth-order valence-electron chi connectivity index (χ4n) is 8.69. The molecular weight excluding hydrogens is 693 g/mol. The number of rotatable bonds is 8. The first-order valence-electron chi connectivity index (χ1n) is 19.9. The molecule has 0 amide bonds. The third-order valence-electron chi connectivity index (χ3n) is 11.4. The van der Waals surface area contributed by atoms with Crippen molar-refractivity contribution in [1.82, 2.24) is 9.97 Å². The Morgan fingerprint density at radius 3 is 1.96 bits per heavy atom. The fraction of sp³-hybridized carbons (Fsp3) is 0.0943. The lowest BCUT2D eigenvalue weighted by Crippen LogP contribution is -2.30. The highest BCUT2D eigenvalue weighted by Crippen LogP contribution is 2.51. The van der Waals surface area contributed by atoms with Crippen LogP contribution in [-0.2, 0) is 0 Å². The molecule has 7 aromatic carbocycles. The molecule has 2 heterocycles. The van der Waals surface area contributed by atoms with Crippen LogP contribution < -0.4 is 9.80 Å². The van der Waals surface area contributed by atoms with E-state index in [1.54, 1.807) is 0 Å². The van der Waals surface area contributed by atoms with E-state index in [1.165, 1.54) is 22.4 Å². The molecule has 10 rings (SSSR count). The summed E-state index contributed by atoms with van der Waals surface area (Å²) in [5.74, 6) is 1.13. The van der Waals surface area contributed by atoms with Crippen LogP contribution >= 0.6 is 0 Å². The number of nitrogens with zero attached hydrogens (tertiary/aromatic N) is 4. The molecule has 2 unspecified atom stereocenters. The van der Waals surface area contributed by atoms with E-state index < -0.39 is 0 Å². The average Bonchev–Trinajstić information content (AvgIpc) is 3.62. The molecule has 1 aromatic heterocycles. The Kier molecular flexibility index (Phi) is 9.00. The molecule has 0 spiro atoms. The molecule has 8 aromatic rings. The van der Waals surface area contributed by atoms with E-state index >= 15 is 0 Å². The van der Waals surface area contributed by atoms with Gasteiger partial charge in [0.25, 0.3) is 0 Å². The molecule has 1 aliphatic carbocycles. The van der Waals surface area contributed by atoms with Crippen LogP contribution in [0.3, 0.4) is 0 Å². The van der Waals surface area contributed by atoms with Gasteiger partial charge in [0.15, 0.2) is 5.82 Å². The van der Waals surface area contributed by atoms with Crippen LogP contribution in [0.1, 0.15) is 29.9 Å². The van der Waals surface area contributed by atoms with Crippen LogP contribution in [0.2, 0.25) is 0 Å². The van der Waals surface area contributed by atoms with Gasteiger partial charge in [-0.05, 0) is 96.6 Å². The van der Waals surface area contributed by atoms with Crippen LogP contribution in [0.15, 0.2) is 200 Å². The number of para-hydroxylation sites is 3. The van der Waals surface area contributed by atoms with E-state index in [9.17, 15) is 0 Å². The van der Waals surface area contributed by atoms with Crippen LogP contribution in [0.25, 0.3) is 45.0 Å². The van der Waals surface area contributed by atoms with Gasteiger partial charge in [0, 0.05) is 51.0 Å². The maximum absolute atomic E-state index is 5.37. The highest BCUT2D eigenvalue weighted by Gasteiger charge is 2.39. The smallest absolute Gasteiger partial charge is 0.160 e. The van der Waals surface area contributed by atoms with Crippen molar-refractivity contribution in [2.45, 2.75) is 31.7 Å². The van der Waals surface area contributed by atoms with Crippen molar-refractivity contribution >= 4 is 28.4 Å². The number of hydrogen-bond acceptors (Lipinski definition) is 4. The first-order valence-corrected chi connectivity index (χ1v) is 19.9. The monoisotopic (exact) mass is 734 g/mol. The first kappa shape index (κ1) is 34.5. The fourth-order valence-corrected chi connectivity index (χ4v) is 8.69. The topological polar surface area (TPSA) is 32.3 Å². The van der Waals surface area contributed by atoms with Crippen LogP contribution in [0.5, 0.6) is 0 Å². The van der Waals surface area contributed by atoms with Gasteiger partial charge < -0.3 is 9.80 Å². The zero-order valence-corrected chi connectivity index (χ0v) is 31.9. The molecular formula is C53H42N4. The van der Waals surface area contributed by atoms with Gasteiger partial charge in [0.1, 0.15) is 0 Å². The van der Waals surface area contributed by atoms with Gasteiger partial charge in [-0.15, -0.1) is 0 Å². The summed E-state index contributed by atoms with van der Waals surface area (Å²) in [6.07, 6.45) is 7.02. The second kappa shape index (κ2) is 14.9. The molecule has 274 valence electrons. The number of fused-ring (bicyclic) bond motifs is 3. The first-order chi connectivity index (χ1) is 28.2. The minimum Gasteiger partial charge on any atom is -0.334 e. The molecule has 2 aliphatic rings.